The number of ether oxygens (including phenoxy) is 1. The van der Waals surface area contributed by atoms with Gasteiger partial charge in [-0.1, -0.05) is 29.3 Å². The minimum Gasteiger partial charge on any atom is -0.467 e. The molecule has 1 amide bonds. The molecule has 0 aliphatic rings. The molecule has 33 heavy (non-hydrogen) atoms. The van der Waals surface area contributed by atoms with Crippen molar-refractivity contribution in [1.29, 1.82) is 5.26 Å². The van der Waals surface area contributed by atoms with Crippen molar-refractivity contribution in [3.63, 3.8) is 0 Å². The second-order valence-electron chi connectivity index (χ2n) is 6.67. The summed E-state index contributed by atoms with van der Waals surface area (Å²) in [5.74, 6) is -0.109. The van der Waals surface area contributed by atoms with Crippen LogP contribution in [0.15, 0.2) is 75.8 Å². The van der Waals surface area contributed by atoms with Crippen molar-refractivity contribution in [2.45, 2.75) is 6.54 Å². The number of carbonyl (C=O) groups excluding carboxylic acids is 1. The smallest absolute Gasteiger partial charge is 0.269 e. The van der Waals surface area contributed by atoms with Crippen molar-refractivity contribution < 1.29 is 13.9 Å². The molecular formula is C23H14Cl2N4O4. The molecule has 0 saturated carbocycles. The number of nitrogens with one attached hydrogen (secondary N) is 1. The van der Waals surface area contributed by atoms with E-state index in [9.17, 15) is 14.9 Å². The van der Waals surface area contributed by atoms with Crippen LogP contribution in [0.2, 0.25) is 10.0 Å². The van der Waals surface area contributed by atoms with E-state index in [1.165, 1.54) is 29.0 Å². The maximum Gasteiger partial charge on any atom is 0.269 e. The summed E-state index contributed by atoms with van der Waals surface area (Å²) in [5.41, 5.74) is -0.648. The molecule has 0 aliphatic carbocycles. The van der Waals surface area contributed by atoms with E-state index in [1.807, 2.05) is 6.07 Å². The number of pyridine rings is 1. The molecule has 0 bridgehead atoms. The van der Waals surface area contributed by atoms with E-state index < -0.39 is 11.5 Å². The van der Waals surface area contributed by atoms with Crippen LogP contribution in [0.1, 0.15) is 11.3 Å². The monoisotopic (exact) mass is 480 g/mol. The Morgan fingerprint density at radius 1 is 1.24 bits per heavy atom. The Balaban J connectivity index is 1.77. The summed E-state index contributed by atoms with van der Waals surface area (Å²) in [5, 5.41) is 12.7. The molecule has 4 rings (SSSR count). The molecule has 0 aliphatic heterocycles. The van der Waals surface area contributed by atoms with Gasteiger partial charge < -0.3 is 14.5 Å². The number of nitrogens with zero attached hydrogens (tertiary/aromatic N) is 3. The largest absolute Gasteiger partial charge is 0.467 e. The van der Waals surface area contributed by atoms with Gasteiger partial charge in [-0.2, -0.15) is 10.2 Å². The quantitative estimate of drug-likeness (QED) is 0.318. The summed E-state index contributed by atoms with van der Waals surface area (Å²) in [6.07, 6.45) is 4.12. The molecule has 3 aromatic heterocycles. The Labute approximate surface area is 197 Å². The van der Waals surface area contributed by atoms with E-state index >= 15 is 0 Å². The van der Waals surface area contributed by atoms with Gasteiger partial charge in [-0.15, -0.1) is 0 Å². The molecule has 1 aromatic carbocycles. The topological polar surface area (TPSA) is 110 Å². The number of carbonyl (C=O) groups is 1. The molecule has 3 heterocycles. The van der Waals surface area contributed by atoms with Gasteiger partial charge in [-0.25, -0.2) is 0 Å². The number of hydrogen-bond acceptors (Lipinski definition) is 6. The summed E-state index contributed by atoms with van der Waals surface area (Å²) in [6.45, 7) is 0.0730. The van der Waals surface area contributed by atoms with Crippen LogP contribution in [0.4, 0.5) is 0 Å². The Morgan fingerprint density at radius 3 is 2.82 bits per heavy atom. The van der Waals surface area contributed by atoms with Crippen molar-refractivity contribution in [3.05, 3.63) is 98.3 Å². The third kappa shape index (κ3) is 4.90. The molecule has 0 atom stereocenters. The van der Waals surface area contributed by atoms with E-state index in [2.05, 4.69) is 10.3 Å². The van der Waals surface area contributed by atoms with E-state index in [0.717, 1.165) is 6.08 Å². The van der Waals surface area contributed by atoms with E-state index in [0.29, 0.717) is 16.4 Å². The van der Waals surface area contributed by atoms with Gasteiger partial charge in [-0.05, 0) is 48.5 Å². The molecule has 10 heteroatoms. The summed E-state index contributed by atoms with van der Waals surface area (Å²) < 4.78 is 12.3. The van der Waals surface area contributed by atoms with Gasteiger partial charge in [0.15, 0.2) is 0 Å². The highest BCUT2D eigenvalue weighted by molar-refractivity contribution is 6.35. The lowest BCUT2D eigenvalue weighted by molar-refractivity contribution is -0.117. The van der Waals surface area contributed by atoms with Crippen molar-refractivity contribution in [1.82, 2.24) is 14.7 Å². The summed E-state index contributed by atoms with van der Waals surface area (Å²) in [7, 11) is 0. The van der Waals surface area contributed by atoms with Crippen molar-refractivity contribution in [2.75, 3.05) is 0 Å². The van der Waals surface area contributed by atoms with Gasteiger partial charge in [0.1, 0.15) is 34.4 Å². The molecule has 0 spiro atoms. The normalized spacial score (nSPS) is 11.2. The molecule has 4 aromatic rings. The number of aromatic nitrogens is 2. The minimum atomic E-state index is -0.693. The number of benzene rings is 1. The zero-order chi connectivity index (χ0) is 23.4. The van der Waals surface area contributed by atoms with Crippen LogP contribution in [-0.4, -0.2) is 15.3 Å². The lowest BCUT2D eigenvalue weighted by atomic mass is 10.1. The SMILES string of the molecule is N#C/C(=C\c1c(Oc2ccc(Cl)cc2Cl)nc2ccccn2c1=O)C(=O)NCc1ccco1. The number of hydrogen-bond donors (Lipinski definition) is 1. The van der Waals surface area contributed by atoms with Crippen LogP contribution < -0.4 is 15.6 Å². The zero-order valence-electron chi connectivity index (χ0n) is 16.8. The number of furan rings is 1. The minimum absolute atomic E-state index is 0.0730. The number of fused-ring (bicyclic) bond motifs is 1. The van der Waals surface area contributed by atoms with E-state index in [4.69, 9.17) is 32.4 Å². The maximum atomic E-state index is 13.2. The Bertz CT molecular complexity index is 1470. The van der Waals surface area contributed by atoms with E-state index in [-0.39, 0.29) is 34.3 Å². The third-order valence-corrected chi connectivity index (χ3v) is 5.02. The van der Waals surface area contributed by atoms with Gasteiger partial charge in [0, 0.05) is 11.2 Å². The molecule has 8 nitrogen and oxygen atoms in total. The van der Waals surface area contributed by atoms with Crippen LogP contribution in [0.3, 0.4) is 0 Å². The second-order valence-corrected chi connectivity index (χ2v) is 7.52. The number of amides is 1. The highest BCUT2D eigenvalue weighted by atomic mass is 35.5. The molecule has 0 fully saturated rings. The zero-order valence-corrected chi connectivity index (χ0v) is 18.3. The highest BCUT2D eigenvalue weighted by Crippen LogP contribution is 2.32. The van der Waals surface area contributed by atoms with Gasteiger partial charge in [0.05, 0.1) is 17.8 Å². The van der Waals surface area contributed by atoms with Crippen LogP contribution in [0, 0.1) is 11.3 Å². The molecule has 164 valence electrons. The van der Waals surface area contributed by atoms with E-state index in [1.54, 1.807) is 36.4 Å². The molecule has 0 saturated heterocycles. The lowest BCUT2D eigenvalue weighted by Crippen LogP contribution is -2.24. The summed E-state index contributed by atoms with van der Waals surface area (Å²) >= 11 is 12.1. The molecule has 0 unspecified atom stereocenters. The third-order valence-electron chi connectivity index (χ3n) is 4.49. The van der Waals surface area contributed by atoms with Gasteiger partial charge in [0.2, 0.25) is 5.88 Å². The average Bonchev–Trinajstić information content (AvgIpc) is 3.33. The van der Waals surface area contributed by atoms with Gasteiger partial charge >= 0.3 is 0 Å². The first-order chi connectivity index (χ1) is 16.0. The maximum absolute atomic E-state index is 13.2. The van der Waals surface area contributed by atoms with Crippen LogP contribution >= 0.6 is 23.2 Å². The lowest BCUT2D eigenvalue weighted by Gasteiger charge is -2.11. The standard InChI is InChI=1S/C23H14Cl2N4O4/c24-15-6-7-19(18(25)11-15)33-22-17(23(31)29-8-2-1-5-20(29)28-22)10-14(12-26)21(30)27-13-16-4-3-9-32-16/h1-11H,13H2,(H,27,30)/b14-10+. The first-order valence-electron chi connectivity index (χ1n) is 9.53. The summed E-state index contributed by atoms with van der Waals surface area (Å²) in [6, 6.07) is 14.7. The van der Waals surface area contributed by atoms with Gasteiger partial charge in [0.25, 0.3) is 11.5 Å². The Hall–Kier alpha value is -4.06. The highest BCUT2D eigenvalue weighted by Gasteiger charge is 2.18. The first kappa shape index (κ1) is 22.1. The van der Waals surface area contributed by atoms with Crippen LogP contribution in [0.5, 0.6) is 11.6 Å². The fraction of sp³-hybridized carbons (Fsp3) is 0.0435. The molecule has 0 radical (unpaired) electrons. The Morgan fingerprint density at radius 2 is 2.09 bits per heavy atom. The average molecular weight is 481 g/mol. The number of nitriles is 1. The predicted molar refractivity (Wildman–Crippen MR) is 122 cm³/mol. The fourth-order valence-corrected chi connectivity index (χ4v) is 3.36. The molecule has 1 N–H and O–H groups in total. The van der Waals surface area contributed by atoms with Crippen molar-refractivity contribution in [2.24, 2.45) is 0 Å². The predicted octanol–water partition coefficient (Wildman–Crippen LogP) is 4.61. The molecular weight excluding hydrogens is 467 g/mol. The van der Waals surface area contributed by atoms with Crippen molar-refractivity contribution in [3.8, 4) is 17.7 Å². The van der Waals surface area contributed by atoms with Crippen LogP contribution in [-0.2, 0) is 11.3 Å². The number of rotatable bonds is 6. The van der Waals surface area contributed by atoms with Gasteiger partial charge in [-0.3, -0.25) is 14.0 Å². The fourth-order valence-electron chi connectivity index (χ4n) is 2.91. The van der Waals surface area contributed by atoms with Crippen molar-refractivity contribution >= 4 is 40.8 Å². The number of halogens is 2. The Kier molecular flexibility index (Phi) is 6.45. The second kappa shape index (κ2) is 9.61. The summed E-state index contributed by atoms with van der Waals surface area (Å²) in [4.78, 5) is 30.1. The first-order valence-corrected chi connectivity index (χ1v) is 10.3. The van der Waals surface area contributed by atoms with Crippen LogP contribution in [0.25, 0.3) is 11.7 Å².